The Labute approximate surface area is 119 Å². The number of benzene rings is 1. The topological polar surface area (TPSA) is 53.7 Å². The molecule has 0 aliphatic carbocycles. The summed E-state index contributed by atoms with van der Waals surface area (Å²) < 4.78 is 5.26. The highest BCUT2D eigenvalue weighted by molar-refractivity contribution is 5.91. The molecule has 0 aliphatic rings. The van der Waals surface area contributed by atoms with E-state index in [2.05, 4.69) is 25.8 Å². The Kier molecular flexibility index (Phi) is 4.45. The van der Waals surface area contributed by atoms with Gasteiger partial charge < -0.3 is 14.4 Å². The van der Waals surface area contributed by atoms with Crippen molar-refractivity contribution in [2.24, 2.45) is 5.92 Å². The molecule has 1 N–H and O–H groups in total. The monoisotopic (exact) mass is 275 g/mol. The minimum atomic E-state index is -1.03. The zero-order chi connectivity index (χ0) is 14.7. The third-order valence-corrected chi connectivity index (χ3v) is 3.33. The lowest BCUT2D eigenvalue weighted by atomic mass is 10.1. The quantitative estimate of drug-likeness (QED) is 0.875. The molecular formula is C16H21NO3. The van der Waals surface area contributed by atoms with Crippen LogP contribution in [0.4, 0.5) is 0 Å². The Morgan fingerprint density at radius 3 is 2.75 bits per heavy atom. The van der Waals surface area contributed by atoms with Crippen LogP contribution in [0.1, 0.15) is 36.4 Å². The van der Waals surface area contributed by atoms with Crippen molar-refractivity contribution in [1.82, 2.24) is 4.90 Å². The lowest BCUT2D eigenvalue weighted by molar-refractivity contribution is 0.0665. The van der Waals surface area contributed by atoms with E-state index in [0.717, 1.165) is 18.5 Å². The van der Waals surface area contributed by atoms with Crippen LogP contribution in [0.15, 0.2) is 28.7 Å². The highest BCUT2D eigenvalue weighted by Crippen LogP contribution is 2.21. The van der Waals surface area contributed by atoms with E-state index in [1.165, 1.54) is 12.0 Å². The molecule has 0 amide bonds. The minimum absolute atomic E-state index is 0.00897. The number of rotatable bonds is 6. The molecule has 0 fully saturated rings. The lowest BCUT2D eigenvalue weighted by Gasteiger charge is -2.17. The van der Waals surface area contributed by atoms with E-state index in [1.807, 2.05) is 18.2 Å². The molecule has 2 rings (SSSR count). The van der Waals surface area contributed by atoms with Crippen molar-refractivity contribution < 1.29 is 14.3 Å². The van der Waals surface area contributed by atoms with Gasteiger partial charge in [0.15, 0.2) is 0 Å². The van der Waals surface area contributed by atoms with Gasteiger partial charge in [-0.2, -0.15) is 0 Å². The molecule has 0 spiro atoms. The largest absolute Gasteiger partial charge is 0.475 e. The van der Waals surface area contributed by atoms with Crippen LogP contribution in [-0.4, -0.2) is 29.6 Å². The lowest BCUT2D eigenvalue weighted by Crippen LogP contribution is -2.20. The van der Waals surface area contributed by atoms with Crippen LogP contribution in [0.5, 0.6) is 0 Å². The van der Waals surface area contributed by atoms with Gasteiger partial charge in [0.1, 0.15) is 5.58 Å². The SMILES string of the molecule is CC(C)CCN(C)Cc1ccc2oc(C(=O)O)cc2c1. The zero-order valence-electron chi connectivity index (χ0n) is 12.2. The van der Waals surface area contributed by atoms with Crippen LogP contribution in [0, 0.1) is 5.92 Å². The summed E-state index contributed by atoms with van der Waals surface area (Å²) in [6, 6.07) is 7.41. The molecule has 2 aromatic rings. The molecule has 108 valence electrons. The smallest absolute Gasteiger partial charge is 0.371 e. The van der Waals surface area contributed by atoms with E-state index in [9.17, 15) is 4.79 Å². The molecule has 0 aliphatic heterocycles. The van der Waals surface area contributed by atoms with Gasteiger partial charge in [-0.1, -0.05) is 19.9 Å². The number of carbonyl (C=O) groups is 1. The van der Waals surface area contributed by atoms with E-state index < -0.39 is 5.97 Å². The van der Waals surface area contributed by atoms with Crippen molar-refractivity contribution >= 4 is 16.9 Å². The Bertz CT molecular complexity index is 601. The van der Waals surface area contributed by atoms with Crippen molar-refractivity contribution in [1.29, 1.82) is 0 Å². The first kappa shape index (κ1) is 14.6. The van der Waals surface area contributed by atoms with Crippen molar-refractivity contribution in [2.45, 2.75) is 26.8 Å². The zero-order valence-corrected chi connectivity index (χ0v) is 12.2. The molecule has 1 aromatic heterocycles. The summed E-state index contributed by atoms with van der Waals surface area (Å²) in [5, 5.41) is 9.77. The van der Waals surface area contributed by atoms with Crippen molar-refractivity contribution in [2.75, 3.05) is 13.6 Å². The molecule has 4 nitrogen and oxygen atoms in total. The number of nitrogens with zero attached hydrogens (tertiary/aromatic N) is 1. The van der Waals surface area contributed by atoms with E-state index in [-0.39, 0.29) is 5.76 Å². The van der Waals surface area contributed by atoms with Gasteiger partial charge in [-0.05, 0) is 49.7 Å². The molecule has 1 heterocycles. The molecule has 0 unspecified atom stereocenters. The summed E-state index contributed by atoms with van der Waals surface area (Å²) in [5.41, 5.74) is 1.79. The standard InChI is InChI=1S/C16H21NO3/c1-11(2)6-7-17(3)10-12-4-5-14-13(8-12)9-15(20-14)16(18)19/h4-5,8-9,11H,6-7,10H2,1-3H3,(H,18,19). The van der Waals surface area contributed by atoms with Gasteiger partial charge in [-0.3, -0.25) is 0 Å². The number of hydrogen-bond donors (Lipinski definition) is 1. The van der Waals surface area contributed by atoms with Gasteiger partial charge in [0.2, 0.25) is 5.76 Å². The first-order valence-corrected chi connectivity index (χ1v) is 6.90. The normalized spacial score (nSPS) is 11.7. The summed E-state index contributed by atoms with van der Waals surface area (Å²) in [5.74, 6) is -0.339. The van der Waals surface area contributed by atoms with E-state index in [0.29, 0.717) is 11.5 Å². The maximum Gasteiger partial charge on any atom is 0.371 e. The maximum atomic E-state index is 10.9. The van der Waals surface area contributed by atoms with Gasteiger partial charge in [0, 0.05) is 11.9 Å². The van der Waals surface area contributed by atoms with Crippen LogP contribution in [0.25, 0.3) is 11.0 Å². The summed E-state index contributed by atoms with van der Waals surface area (Å²) in [7, 11) is 2.10. The number of furan rings is 1. The van der Waals surface area contributed by atoms with E-state index in [4.69, 9.17) is 9.52 Å². The molecule has 20 heavy (non-hydrogen) atoms. The third kappa shape index (κ3) is 3.61. The first-order chi connectivity index (χ1) is 9.45. The van der Waals surface area contributed by atoms with Crippen molar-refractivity contribution in [3.05, 3.63) is 35.6 Å². The Morgan fingerprint density at radius 2 is 2.10 bits per heavy atom. The second kappa shape index (κ2) is 6.09. The van der Waals surface area contributed by atoms with Crippen LogP contribution >= 0.6 is 0 Å². The Balaban J connectivity index is 2.09. The van der Waals surface area contributed by atoms with E-state index in [1.54, 1.807) is 6.07 Å². The van der Waals surface area contributed by atoms with Crippen molar-refractivity contribution in [3.8, 4) is 0 Å². The van der Waals surface area contributed by atoms with Crippen LogP contribution in [0.2, 0.25) is 0 Å². The predicted octanol–water partition coefficient (Wildman–Crippen LogP) is 3.61. The van der Waals surface area contributed by atoms with Crippen LogP contribution in [0.3, 0.4) is 0 Å². The van der Waals surface area contributed by atoms with Gasteiger partial charge in [-0.15, -0.1) is 0 Å². The Hall–Kier alpha value is -1.81. The molecule has 0 atom stereocenters. The number of hydrogen-bond acceptors (Lipinski definition) is 3. The van der Waals surface area contributed by atoms with Gasteiger partial charge in [-0.25, -0.2) is 4.79 Å². The second-order valence-electron chi connectivity index (χ2n) is 5.71. The highest BCUT2D eigenvalue weighted by Gasteiger charge is 2.11. The molecule has 0 saturated carbocycles. The summed E-state index contributed by atoms with van der Waals surface area (Å²) in [6.07, 6.45) is 1.17. The van der Waals surface area contributed by atoms with Crippen LogP contribution < -0.4 is 0 Å². The average Bonchev–Trinajstić information content (AvgIpc) is 2.79. The number of fused-ring (bicyclic) bond motifs is 1. The number of aromatic carboxylic acids is 1. The fourth-order valence-corrected chi connectivity index (χ4v) is 2.17. The van der Waals surface area contributed by atoms with Gasteiger partial charge in [0.25, 0.3) is 0 Å². The van der Waals surface area contributed by atoms with Gasteiger partial charge in [0.05, 0.1) is 0 Å². The fraction of sp³-hybridized carbons (Fsp3) is 0.438. The molecule has 4 heteroatoms. The maximum absolute atomic E-state index is 10.9. The van der Waals surface area contributed by atoms with E-state index >= 15 is 0 Å². The van der Waals surface area contributed by atoms with Crippen molar-refractivity contribution in [3.63, 3.8) is 0 Å². The summed E-state index contributed by atoms with van der Waals surface area (Å²) in [4.78, 5) is 13.2. The molecule has 0 bridgehead atoms. The highest BCUT2D eigenvalue weighted by atomic mass is 16.4. The second-order valence-corrected chi connectivity index (χ2v) is 5.71. The fourth-order valence-electron chi connectivity index (χ4n) is 2.17. The van der Waals surface area contributed by atoms with Gasteiger partial charge >= 0.3 is 5.97 Å². The molecule has 0 saturated heterocycles. The minimum Gasteiger partial charge on any atom is -0.475 e. The Morgan fingerprint density at radius 1 is 1.35 bits per heavy atom. The van der Waals surface area contributed by atoms with Crippen LogP contribution in [-0.2, 0) is 6.54 Å². The molecular weight excluding hydrogens is 254 g/mol. The molecule has 1 aromatic carbocycles. The predicted molar refractivity (Wildman–Crippen MR) is 79.0 cm³/mol. The average molecular weight is 275 g/mol. The summed E-state index contributed by atoms with van der Waals surface area (Å²) >= 11 is 0. The number of carboxylic acids is 1. The summed E-state index contributed by atoms with van der Waals surface area (Å²) in [6.45, 7) is 6.36. The number of carboxylic acid groups (broad SMARTS) is 1. The first-order valence-electron chi connectivity index (χ1n) is 6.90. The third-order valence-electron chi connectivity index (χ3n) is 3.33. The molecule has 0 radical (unpaired) electrons.